The van der Waals surface area contributed by atoms with Crippen LogP contribution in [-0.4, -0.2) is 16.7 Å². The van der Waals surface area contributed by atoms with Crippen molar-refractivity contribution in [1.82, 2.24) is 15.5 Å². The first kappa shape index (κ1) is 14.5. The number of anilines is 1. The maximum Gasteiger partial charge on any atom is 0.315 e. The SMILES string of the molecule is CC(C)CNCc1nnc(NCc2ccccc2F)o1. The Morgan fingerprint density at radius 1 is 1.20 bits per heavy atom. The van der Waals surface area contributed by atoms with Crippen LogP contribution < -0.4 is 10.6 Å². The van der Waals surface area contributed by atoms with Crippen LogP contribution in [-0.2, 0) is 13.1 Å². The van der Waals surface area contributed by atoms with E-state index in [4.69, 9.17) is 4.42 Å². The molecule has 2 N–H and O–H groups in total. The normalized spacial score (nSPS) is 11.0. The van der Waals surface area contributed by atoms with Crippen LogP contribution in [0, 0.1) is 11.7 Å². The highest BCUT2D eigenvalue weighted by atomic mass is 19.1. The Bertz CT molecular complexity index is 541. The summed E-state index contributed by atoms with van der Waals surface area (Å²) < 4.78 is 18.8. The van der Waals surface area contributed by atoms with Crippen LogP contribution in [0.3, 0.4) is 0 Å². The summed E-state index contributed by atoms with van der Waals surface area (Å²) in [5.41, 5.74) is 0.560. The van der Waals surface area contributed by atoms with Gasteiger partial charge >= 0.3 is 6.01 Å². The molecule has 0 unspecified atom stereocenters. The lowest BCUT2D eigenvalue weighted by Gasteiger charge is -2.04. The van der Waals surface area contributed by atoms with Crippen molar-refractivity contribution in [3.8, 4) is 0 Å². The Morgan fingerprint density at radius 3 is 2.75 bits per heavy atom. The van der Waals surface area contributed by atoms with Crippen LogP contribution in [0.4, 0.5) is 10.4 Å². The molecule has 0 fully saturated rings. The van der Waals surface area contributed by atoms with E-state index in [0.717, 1.165) is 6.54 Å². The number of nitrogens with zero attached hydrogens (tertiary/aromatic N) is 2. The summed E-state index contributed by atoms with van der Waals surface area (Å²) in [6, 6.07) is 6.88. The zero-order chi connectivity index (χ0) is 14.4. The molecule has 0 spiro atoms. The Kier molecular flexibility index (Phi) is 5.06. The fraction of sp³-hybridized carbons (Fsp3) is 0.429. The molecule has 0 amide bonds. The lowest BCUT2D eigenvalue weighted by molar-refractivity contribution is 0.458. The van der Waals surface area contributed by atoms with Gasteiger partial charge in [-0.3, -0.25) is 0 Å². The standard InChI is InChI=1S/C14H19FN4O/c1-10(2)7-16-9-13-18-19-14(20-13)17-8-11-5-3-4-6-12(11)15/h3-6,10,16H,7-9H2,1-2H3,(H,17,19). The monoisotopic (exact) mass is 278 g/mol. The Labute approximate surface area is 117 Å². The fourth-order valence-corrected chi connectivity index (χ4v) is 1.68. The van der Waals surface area contributed by atoms with Crippen molar-refractivity contribution in [3.63, 3.8) is 0 Å². The fourth-order valence-electron chi connectivity index (χ4n) is 1.68. The molecule has 108 valence electrons. The largest absolute Gasteiger partial charge is 0.407 e. The summed E-state index contributed by atoms with van der Waals surface area (Å²) in [5, 5.41) is 13.9. The van der Waals surface area contributed by atoms with Gasteiger partial charge in [-0.1, -0.05) is 37.1 Å². The van der Waals surface area contributed by atoms with E-state index < -0.39 is 0 Å². The lowest BCUT2D eigenvalue weighted by Crippen LogP contribution is -2.19. The average Bonchev–Trinajstić information content (AvgIpc) is 2.85. The van der Waals surface area contributed by atoms with E-state index in [9.17, 15) is 4.39 Å². The van der Waals surface area contributed by atoms with E-state index >= 15 is 0 Å². The molecule has 1 heterocycles. The number of aromatic nitrogens is 2. The Hall–Kier alpha value is -1.95. The average molecular weight is 278 g/mol. The van der Waals surface area contributed by atoms with Gasteiger partial charge in [0.15, 0.2) is 0 Å². The van der Waals surface area contributed by atoms with Crippen molar-refractivity contribution in [2.24, 2.45) is 5.92 Å². The van der Waals surface area contributed by atoms with Crippen molar-refractivity contribution in [2.45, 2.75) is 26.9 Å². The van der Waals surface area contributed by atoms with Crippen molar-refractivity contribution < 1.29 is 8.81 Å². The van der Waals surface area contributed by atoms with E-state index in [1.165, 1.54) is 6.07 Å². The van der Waals surface area contributed by atoms with Gasteiger partial charge in [-0.05, 0) is 18.5 Å². The summed E-state index contributed by atoms with van der Waals surface area (Å²) in [4.78, 5) is 0. The van der Waals surface area contributed by atoms with E-state index in [0.29, 0.717) is 36.5 Å². The number of halogens is 1. The second kappa shape index (κ2) is 7.00. The second-order valence-corrected chi connectivity index (χ2v) is 4.97. The molecule has 0 saturated heterocycles. The van der Waals surface area contributed by atoms with Crippen LogP contribution >= 0.6 is 0 Å². The molecule has 6 heteroatoms. The molecule has 0 bridgehead atoms. The van der Waals surface area contributed by atoms with Gasteiger partial charge in [-0.15, -0.1) is 5.10 Å². The molecular formula is C14H19FN4O. The molecule has 0 atom stereocenters. The Morgan fingerprint density at radius 2 is 2.00 bits per heavy atom. The van der Waals surface area contributed by atoms with Crippen LogP contribution in [0.2, 0.25) is 0 Å². The third kappa shape index (κ3) is 4.31. The number of hydrogen-bond donors (Lipinski definition) is 2. The number of rotatable bonds is 7. The lowest BCUT2D eigenvalue weighted by atomic mass is 10.2. The van der Waals surface area contributed by atoms with Gasteiger partial charge in [-0.25, -0.2) is 4.39 Å². The molecule has 0 aliphatic rings. The molecule has 0 saturated carbocycles. The van der Waals surface area contributed by atoms with Crippen molar-refractivity contribution in [2.75, 3.05) is 11.9 Å². The molecule has 2 rings (SSSR count). The molecule has 5 nitrogen and oxygen atoms in total. The minimum Gasteiger partial charge on any atom is -0.407 e. The van der Waals surface area contributed by atoms with E-state index in [2.05, 4.69) is 34.7 Å². The van der Waals surface area contributed by atoms with Gasteiger partial charge in [-0.2, -0.15) is 0 Å². The van der Waals surface area contributed by atoms with Gasteiger partial charge in [0.1, 0.15) is 5.82 Å². The first-order valence-corrected chi connectivity index (χ1v) is 6.65. The molecule has 1 aromatic heterocycles. The highest BCUT2D eigenvalue weighted by Crippen LogP contribution is 2.10. The van der Waals surface area contributed by atoms with E-state index in [1.54, 1.807) is 18.2 Å². The third-order valence-corrected chi connectivity index (χ3v) is 2.68. The smallest absolute Gasteiger partial charge is 0.315 e. The number of hydrogen-bond acceptors (Lipinski definition) is 5. The van der Waals surface area contributed by atoms with Gasteiger partial charge in [0, 0.05) is 12.1 Å². The van der Waals surface area contributed by atoms with Crippen molar-refractivity contribution in [1.29, 1.82) is 0 Å². The topological polar surface area (TPSA) is 63.0 Å². The second-order valence-electron chi connectivity index (χ2n) is 4.97. The van der Waals surface area contributed by atoms with Gasteiger partial charge in [0.2, 0.25) is 5.89 Å². The molecule has 20 heavy (non-hydrogen) atoms. The molecule has 0 aliphatic carbocycles. The number of nitrogens with one attached hydrogen (secondary N) is 2. The summed E-state index contributed by atoms with van der Waals surface area (Å²) in [5.74, 6) is 0.830. The number of benzene rings is 1. The summed E-state index contributed by atoms with van der Waals surface area (Å²) >= 11 is 0. The van der Waals surface area contributed by atoms with Gasteiger partial charge < -0.3 is 15.1 Å². The van der Waals surface area contributed by atoms with E-state index in [1.807, 2.05) is 0 Å². The molecular weight excluding hydrogens is 259 g/mol. The molecule has 0 radical (unpaired) electrons. The van der Waals surface area contributed by atoms with Crippen molar-refractivity contribution >= 4 is 6.01 Å². The zero-order valence-corrected chi connectivity index (χ0v) is 11.7. The summed E-state index contributed by atoms with van der Waals surface area (Å²) in [7, 11) is 0. The highest BCUT2D eigenvalue weighted by molar-refractivity contribution is 5.24. The predicted molar refractivity (Wildman–Crippen MR) is 74.6 cm³/mol. The molecule has 2 aromatic rings. The van der Waals surface area contributed by atoms with Crippen LogP contribution in [0.15, 0.2) is 28.7 Å². The first-order valence-electron chi connectivity index (χ1n) is 6.65. The predicted octanol–water partition coefficient (Wildman–Crippen LogP) is 2.57. The highest BCUT2D eigenvalue weighted by Gasteiger charge is 2.07. The third-order valence-electron chi connectivity index (χ3n) is 2.68. The Balaban J connectivity index is 1.82. The molecule has 0 aliphatic heterocycles. The molecule has 1 aromatic carbocycles. The van der Waals surface area contributed by atoms with E-state index in [-0.39, 0.29) is 5.82 Å². The van der Waals surface area contributed by atoms with Crippen LogP contribution in [0.1, 0.15) is 25.3 Å². The summed E-state index contributed by atoms with van der Waals surface area (Å²) in [6.45, 7) is 5.99. The summed E-state index contributed by atoms with van der Waals surface area (Å²) in [6.07, 6.45) is 0. The first-order chi connectivity index (χ1) is 9.65. The quantitative estimate of drug-likeness (QED) is 0.815. The minimum atomic E-state index is -0.252. The van der Waals surface area contributed by atoms with Gasteiger partial charge in [0.05, 0.1) is 6.54 Å². The maximum atomic E-state index is 13.4. The maximum absolute atomic E-state index is 13.4. The van der Waals surface area contributed by atoms with Crippen molar-refractivity contribution in [3.05, 3.63) is 41.5 Å². The zero-order valence-electron chi connectivity index (χ0n) is 11.7. The van der Waals surface area contributed by atoms with Crippen LogP contribution in [0.5, 0.6) is 0 Å². The minimum absolute atomic E-state index is 0.252. The van der Waals surface area contributed by atoms with Crippen LogP contribution in [0.25, 0.3) is 0 Å². The van der Waals surface area contributed by atoms with Gasteiger partial charge in [0.25, 0.3) is 0 Å².